The Morgan fingerprint density at radius 3 is 1.90 bits per heavy atom. The highest BCUT2D eigenvalue weighted by atomic mass is 31.1. The number of fused-ring (bicyclic) bond motifs is 7. The van der Waals surface area contributed by atoms with Gasteiger partial charge in [0.25, 0.3) is 0 Å². The molecule has 0 fully saturated rings. The topological polar surface area (TPSA) is 44.7 Å². The van der Waals surface area contributed by atoms with Crippen LogP contribution < -0.4 is 9.26 Å². The van der Waals surface area contributed by atoms with Crippen LogP contribution in [0.25, 0.3) is 54.3 Å². The van der Waals surface area contributed by atoms with E-state index in [9.17, 15) is 0 Å². The summed E-state index contributed by atoms with van der Waals surface area (Å²) in [6.45, 7) is 6.55. The first-order valence-corrected chi connectivity index (χ1v) is 14.5. The summed E-state index contributed by atoms with van der Waals surface area (Å²) in [4.78, 5) is 0. The van der Waals surface area contributed by atoms with Crippen LogP contribution in [0.4, 0.5) is 0 Å². The Bertz CT molecular complexity index is 2060. The number of ether oxygens (including phenoxy) is 1. The van der Waals surface area contributed by atoms with Crippen molar-refractivity contribution in [3.05, 3.63) is 109 Å². The van der Waals surface area contributed by atoms with Crippen LogP contribution in [0.3, 0.4) is 0 Å². The summed E-state index contributed by atoms with van der Waals surface area (Å²) in [7, 11) is -0.165. The van der Waals surface area contributed by atoms with Gasteiger partial charge in [0.15, 0.2) is 5.75 Å². The molecule has 0 bridgehead atoms. The van der Waals surface area contributed by atoms with Crippen LogP contribution in [0.1, 0.15) is 26.3 Å². The largest absolute Gasteiger partial charge is 0.497 e. The van der Waals surface area contributed by atoms with Crippen molar-refractivity contribution in [3.63, 3.8) is 0 Å². The molecule has 0 aliphatic rings. The second-order valence-corrected chi connectivity index (χ2v) is 12.1. The number of methoxy groups -OCH3 is 1. The molecule has 0 aliphatic carbocycles. The molecule has 0 saturated heterocycles. The van der Waals surface area contributed by atoms with Crippen LogP contribution in [0.15, 0.2) is 112 Å². The maximum atomic E-state index is 6.81. The van der Waals surface area contributed by atoms with Gasteiger partial charge in [-0.15, -0.1) is 0 Å². The molecule has 0 aliphatic heterocycles. The van der Waals surface area contributed by atoms with Crippen molar-refractivity contribution in [2.75, 3.05) is 7.11 Å². The minimum Gasteiger partial charge on any atom is -0.497 e. The number of hydrogen-bond acceptors (Lipinski definition) is 4. The Morgan fingerprint density at radius 2 is 1.25 bits per heavy atom. The van der Waals surface area contributed by atoms with Crippen LogP contribution >= 0.6 is 8.24 Å². The molecule has 0 saturated carbocycles. The number of hydrogen-bond donors (Lipinski definition) is 0. The Kier molecular flexibility index (Phi) is 5.76. The smallest absolute Gasteiger partial charge is 0.453 e. The lowest BCUT2D eigenvalue weighted by Crippen LogP contribution is -2.11. The summed E-state index contributed by atoms with van der Waals surface area (Å²) >= 11 is 0. The van der Waals surface area contributed by atoms with Gasteiger partial charge < -0.3 is 17.7 Å². The van der Waals surface area contributed by atoms with Gasteiger partial charge in [0.1, 0.15) is 16.9 Å². The summed E-state index contributed by atoms with van der Waals surface area (Å²) < 4.78 is 26.1. The number of benzene rings is 6. The van der Waals surface area contributed by atoms with Gasteiger partial charge >= 0.3 is 8.24 Å². The van der Waals surface area contributed by atoms with Gasteiger partial charge in [0.05, 0.1) is 7.11 Å². The minimum absolute atomic E-state index is 0.221. The maximum absolute atomic E-state index is 6.81. The Morgan fingerprint density at radius 1 is 0.625 bits per heavy atom. The van der Waals surface area contributed by atoms with Gasteiger partial charge in [-0.2, -0.15) is 0 Å². The van der Waals surface area contributed by atoms with Crippen molar-refractivity contribution in [3.8, 4) is 11.5 Å². The van der Waals surface area contributed by atoms with Gasteiger partial charge in [-0.1, -0.05) is 99.6 Å². The highest BCUT2D eigenvalue weighted by Gasteiger charge is 2.23. The Balaban J connectivity index is 1.63. The third-order valence-corrected chi connectivity index (χ3v) is 8.50. The molecule has 6 aromatic carbocycles. The zero-order valence-corrected chi connectivity index (χ0v) is 23.8. The fourth-order valence-electron chi connectivity index (χ4n) is 5.52. The van der Waals surface area contributed by atoms with Crippen molar-refractivity contribution in [1.82, 2.24) is 0 Å². The van der Waals surface area contributed by atoms with Crippen LogP contribution in [-0.2, 0) is 5.41 Å². The molecule has 1 aromatic heterocycles. The van der Waals surface area contributed by atoms with E-state index < -0.39 is 8.24 Å². The zero-order valence-electron chi connectivity index (χ0n) is 22.9. The van der Waals surface area contributed by atoms with Gasteiger partial charge in [0, 0.05) is 27.1 Å². The molecule has 5 heteroatoms. The molecular formula is C35H29O4P. The first-order chi connectivity index (χ1) is 19.4. The molecule has 7 aromatic rings. The lowest BCUT2D eigenvalue weighted by Gasteiger charge is -2.20. The van der Waals surface area contributed by atoms with E-state index in [1.54, 1.807) is 7.11 Å². The fourth-order valence-corrected chi connectivity index (χ4v) is 6.64. The van der Waals surface area contributed by atoms with Crippen LogP contribution in [-0.4, -0.2) is 7.11 Å². The quantitative estimate of drug-likeness (QED) is 0.208. The summed E-state index contributed by atoms with van der Waals surface area (Å²) in [5.74, 6) is 1.54. The zero-order chi connectivity index (χ0) is 27.4. The first-order valence-electron chi connectivity index (χ1n) is 13.4. The van der Waals surface area contributed by atoms with E-state index in [-0.39, 0.29) is 5.41 Å². The molecule has 0 amide bonds. The average Bonchev–Trinajstić information content (AvgIpc) is 3.12. The van der Waals surface area contributed by atoms with Crippen molar-refractivity contribution in [1.29, 1.82) is 0 Å². The summed E-state index contributed by atoms with van der Waals surface area (Å²) in [6, 6.07) is 35.3. The lowest BCUT2D eigenvalue weighted by atomic mass is 9.85. The van der Waals surface area contributed by atoms with Crippen molar-refractivity contribution in [2.45, 2.75) is 26.2 Å². The summed E-state index contributed by atoms with van der Waals surface area (Å²) in [5, 5.41) is 8.38. The molecule has 1 atom stereocenters. The molecule has 40 heavy (non-hydrogen) atoms. The van der Waals surface area contributed by atoms with Crippen LogP contribution in [0, 0.1) is 0 Å². The average molecular weight is 545 g/mol. The molecule has 7 rings (SSSR count). The normalized spacial score (nSPS) is 12.4. The second kappa shape index (κ2) is 9.36. The third kappa shape index (κ3) is 4.08. The van der Waals surface area contributed by atoms with Crippen molar-refractivity contribution >= 4 is 62.5 Å². The van der Waals surface area contributed by atoms with E-state index in [0.717, 1.165) is 71.3 Å². The van der Waals surface area contributed by atoms with E-state index in [1.807, 2.05) is 36.4 Å². The molecule has 4 nitrogen and oxygen atoms in total. The monoisotopic (exact) mass is 544 g/mol. The Labute approximate surface area is 233 Å². The van der Waals surface area contributed by atoms with Gasteiger partial charge in [-0.05, 0) is 51.2 Å². The molecule has 198 valence electrons. The van der Waals surface area contributed by atoms with Gasteiger partial charge in [-0.25, -0.2) is 0 Å². The summed E-state index contributed by atoms with van der Waals surface area (Å²) in [6.07, 6.45) is 0. The van der Waals surface area contributed by atoms with Gasteiger partial charge in [0.2, 0.25) is 0 Å². The summed E-state index contributed by atoms with van der Waals surface area (Å²) in [5.41, 5.74) is 2.30. The maximum Gasteiger partial charge on any atom is 0.453 e. The van der Waals surface area contributed by atoms with Crippen LogP contribution in [0.2, 0.25) is 0 Å². The predicted octanol–water partition coefficient (Wildman–Crippen LogP) is 10.9. The fraction of sp³-hybridized carbons (Fsp3) is 0.143. The second-order valence-electron chi connectivity index (χ2n) is 11.1. The minimum atomic E-state index is -1.87. The highest BCUT2D eigenvalue weighted by molar-refractivity contribution is 7.32. The molecule has 0 N–H and O–H groups in total. The molecule has 0 spiro atoms. The van der Waals surface area contributed by atoms with E-state index in [1.165, 1.54) is 0 Å². The van der Waals surface area contributed by atoms with Crippen molar-refractivity contribution in [2.24, 2.45) is 0 Å². The lowest BCUT2D eigenvalue weighted by molar-refractivity contribution is 0.413. The van der Waals surface area contributed by atoms with E-state index in [2.05, 4.69) is 87.5 Å². The first kappa shape index (κ1) is 24.6. The Hall–Kier alpha value is -4.40. The predicted molar refractivity (Wildman–Crippen MR) is 167 cm³/mol. The van der Waals surface area contributed by atoms with E-state index in [4.69, 9.17) is 17.7 Å². The van der Waals surface area contributed by atoms with E-state index in [0.29, 0.717) is 0 Å². The standard InChI is InChI=1S/C35H29O4P/c1-35(2,3)30-21-25(36-4)20-29-32-26-14-8-5-11-22(26)17-18-31(32)37-40(39-34(29)30)38-33-27-15-9-6-12-23(27)19-24-13-7-10-16-28(24)33/h5-21H,1-4H3. The highest BCUT2D eigenvalue weighted by Crippen LogP contribution is 2.46. The molecule has 1 heterocycles. The van der Waals surface area contributed by atoms with E-state index >= 15 is 0 Å². The third-order valence-electron chi connectivity index (χ3n) is 7.49. The molecular weight excluding hydrogens is 515 g/mol. The van der Waals surface area contributed by atoms with Crippen molar-refractivity contribution < 1.29 is 17.7 Å². The SMILES string of the molecule is COc1cc(C(C)(C)C)c2op(Oc3c4ccccc4cc4ccccc34)oc3ccc4ccccc4c3c2c1. The molecule has 1 unspecified atom stereocenters. The molecule has 0 radical (unpaired) electrons. The van der Waals surface area contributed by atoms with Crippen LogP contribution in [0.5, 0.6) is 11.5 Å². The number of rotatable bonds is 3. The van der Waals surface area contributed by atoms with Gasteiger partial charge in [-0.3, -0.25) is 0 Å².